The molecular weight excluding hydrogens is 278 g/mol. The molecule has 0 fully saturated rings. The highest BCUT2D eigenvalue weighted by Crippen LogP contribution is 2.49. The third-order valence-electron chi connectivity index (χ3n) is 1.41. The van der Waals surface area contributed by atoms with Crippen LogP contribution < -0.4 is 0 Å². The lowest BCUT2D eigenvalue weighted by molar-refractivity contribution is -0.241. The summed E-state index contributed by atoms with van der Waals surface area (Å²) in [5.74, 6) is 0. The van der Waals surface area contributed by atoms with E-state index in [1.807, 2.05) is 0 Å². The van der Waals surface area contributed by atoms with Crippen molar-refractivity contribution in [2.75, 3.05) is 21.3 Å². The van der Waals surface area contributed by atoms with Gasteiger partial charge in [-0.3, -0.25) is 0 Å². The Morgan fingerprint density at radius 1 is 0.875 bits per heavy atom. The lowest BCUT2D eigenvalue weighted by Gasteiger charge is -2.26. The molecule has 0 aromatic rings. The zero-order valence-electron chi connectivity index (χ0n) is 8.52. The molecule has 0 saturated heterocycles. The largest absolute Gasteiger partial charge is 0.682 e. The van der Waals surface area contributed by atoms with Gasteiger partial charge in [0, 0.05) is 21.3 Å². The maximum atomic E-state index is 12.5. The number of hydrogen-bond donors (Lipinski definition) is 0. The Balaban J connectivity index is 4.54. The number of alkyl halides is 5. The standard InChI is InChI=1S/C5H10F5O4PSi/c1-11-16(12-2,13-3)14-15-5(9,10)4(6,7)8/h15H,1-3H3. The molecule has 1 atom stereocenters. The van der Waals surface area contributed by atoms with Crippen molar-refractivity contribution in [2.45, 2.75) is 11.8 Å². The average Bonchev–Trinajstić information content (AvgIpc) is 2.19. The summed E-state index contributed by atoms with van der Waals surface area (Å²) >= 11 is 0. The van der Waals surface area contributed by atoms with E-state index in [0.717, 1.165) is 21.3 Å². The van der Waals surface area contributed by atoms with Crippen LogP contribution in [-0.4, -0.2) is 42.2 Å². The van der Waals surface area contributed by atoms with Gasteiger partial charge >= 0.3 is 20.9 Å². The predicted molar refractivity (Wildman–Crippen MR) is 47.2 cm³/mol. The van der Waals surface area contributed by atoms with Crippen LogP contribution >= 0.6 is 8.81 Å². The van der Waals surface area contributed by atoms with E-state index in [9.17, 15) is 22.0 Å². The van der Waals surface area contributed by atoms with E-state index >= 15 is 0 Å². The minimum atomic E-state index is -5.68. The molecule has 0 aromatic carbocycles. The Morgan fingerprint density at radius 3 is 1.50 bits per heavy atom. The van der Waals surface area contributed by atoms with Crippen molar-refractivity contribution in [1.82, 2.24) is 0 Å². The molecule has 0 spiro atoms. The van der Waals surface area contributed by atoms with Crippen molar-refractivity contribution in [3.8, 4) is 0 Å². The molecule has 0 aliphatic heterocycles. The summed E-state index contributed by atoms with van der Waals surface area (Å²) in [4.78, 5) is 0. The fraction of sp³-hybridized carbons (Fsp3) is 1.00. The molecule has 16 heavy (non-hydrogen) atoms. The normalized spacial score (nSPS) is 15.0. The molecular formula is C5H10F5O4PSi. The topological polar surface area (TPSA) is 36.9 Å². The Labute approximate surface area is 91.4 Å². The summed E-state index contributed by atoms with van der Waals surface area (Å²) in [5.41, 5.74) is -4.96. The van der Waals surface area contributed by atoms with Gasteiger partial charge in [0.1, 0.15) is 0 Å². The Kier molecular flexibility index (Phi) is 5.70. The van der Waals surface area contributed by atoms with Gasteiger partial charge in [0.05, 0.1) is 8.81 Å². The first-order chi connectivity index (χ1) is 7.14. The lowest BCUT2D eigenvalue weighted by Crippen LogP contribution is -2.46. The third-order valence-corrected chi connectivity index (χ3v) is 4.86. The zero-order valence-corrected chi connectivity index (χ0v) is 10.5. The molecule has 0 radical (unpaired) electrons. The quantitative estimate of drug-likeness (QED) is 0.426. The van der Waals surface area contributed by atoms with Crippen LogP contribution in [0.25, 0.3) is 0 Å². The Morgan fingerprint density at radius 2 is 1.25 bits per heavy atom. The van der Waals surface area contributed by atoms with Crippen LogP contribution in [0.5, 0.6) is 0 Å². The van der Waals surface area contributed by atoms with Gasteiger partial charge in [0.2, 0.25) is 0 Å². The zero-order chi connectivity index (χ0) is 13.0. The lowest BCUT2D eigenvalue weighted by atomic mass is 10.7. The van der Waals surface area contributed by atoms with Crippen LogP contribution in [0.2, 0.25) is 0 Å². The molecule has 98 valence electrons. The summed E-state index contributed by atoms with van der Waals surface area (Å²) < 4.78 is 78.2. The third kappa shape index (κ3) is 3.86. The molecule has 0 saturated carbocycles. The molecule has 11 heteroatoms. The first-order valence-corrected chi connectivity index (χ1v) is 6.23. The average molecular weight is 288 g/mol. The van der Waals surface area contributed by atoms with E-state index in [4.69, 9.17) is 0 Å². The smallest absolute Gasteiger partial charge is 0.354 e. The van der Waals surface area contributed by atoms with Gasteiger partial charge in [0.25, 0.3) is 0 Å². The first kappa shape index (κ1) is 16.1. The molecule has 0 aliphatic rings. The van der Waals surface area contributed by atoms with E-state index in [1.54, 1.807) is 0 Å². The highest BCUT2D eigenvalue weighted by Gasteiger charge is 2.60. The SMILES string of the molecule is CO[Si](OC)(OC)OPC(F)(F)C(F)(F)F. The first-order valence-electron chi connectivity index (χ1n) is 3.69. The van der Waals surface area contributed by atoms with Crippen LogP contribution in [0.15, 0.2) is 0 Å². The number of halogens is 5. The van der Waals surface area contributed by atoms with Crippen LogP contribution in [0.3, 0.4) is 0 Å². The van der Waals surface area contributed by atoms with Crippen LogP contribution in [0.1, 0.15) is 0 Å². The van der Waals surface area contributed by atoms with Gasteiger partial charge in [-0.15, -0.1) is 0 Å². The van der Waals surface area contributed by atoms with Gasteiger partial charge < -0.3 is 17.5 Å². The monoisotopic (exact) mass is 288 g/mol. The maximum Gasteiger partial charge on any atom is 0.682 e. The summed E-state index contributed by atoms with van der Waals surface area (Å²) in [5, 5.41) is 0. The van der Waals surface area contributed by atoms with E-state index in [-0.39, 0.29) is 0 Å². The van der Waals surface area contributed by atoms with E-state index in [1.165, 1.54) is 0 Å². The highest BCUT2D eigenvalue weighted by atomic mass is 31.1. The molecule has 1 unspecified atom stereocenters. The molecule has 0 aromatic heterocycles. The van der Waals surface area contributed by atoms with Crippen molar-refractivity contribution in [3.05, 3.63) is 0 Å². The predicted octanol–water partition coefficient (Wildman–Crippen LogP) is 2.13. The summed E-state index contributed by atoms with van der Waals surface area (Å²) in [6.45, 7) is 0. The van der Waals surface area contributed by atoms with Gasteiger partial charge in [0.15, 0.2) is 0 Å². The fourth-order valence-electron chi connectivity index (χ4n) is 0.559. The van der Waals surface area contributed by atoms with Crippen LogP contribution in [0, 0.1) is 0 Å². The second-order valence-corrected chi connectivity index (χ2v) is 6.26. The Hall–Kier alpha value is 0.137. The molecule has 0 N–H and O–H groups in total. The van der Waals surface area contributed by atoms with E-state index in [2.05, 4.69) is 17.5 Å². The summed E-state index contributed by atoms with van der Waals surface area (Å²) in [6, 6.07) is 0. The van der Waals surface area contributed by atoms with Gasteiger partial charge in [-0.1, -0.05) is 0 Å². The molecule has 0 amide bonds. The molecule has 0 heterocycles. The van der Waals surface area contributed by atoms with Crippen molar-refractivity contribution >= 4 is 17.9 Å². The second-order valence-electron chi connectivity index (χ2n) is 2.39. The van der Waals surface area contributed by atoms with E-state index in [0.29, 0.717) is 0 Å². The van der Waals surface area contributed by atoms with Gasteiger partial charge in [-0.05, 0) is 0 Å². The molecule has 0 rings (SSSR count). The molecule has 0 aliphatic carbocycles. The molecule has 0 bridgehead atoms. The van der Waals surface area contributed by atoms with Gasteiger partial charge in [-0.2, -0.15) is 22.0 Å². The Bertz CT molecular complexity index is 211. The van der Waals surface area contributed by atoms with E-state index < -0.39 is 29.7 Å². The number of rotatable bonds is 6. The van der Waals surface area contributed by atoms with Crippen molar-refractivity contribution in [1.29, 1.82) is 0 Å². The van der Waals surface area contributed by atoms with Crippen molar-refractivity contribution < 1.29 is 39.4 Å². The summed E-state index contributed by atoms with van der Waals surface area (Å²) in [7, 11) is -2.99. The summed E-state index contributed by atoms with van der Waals surface area (Å²) in [6.07, 6.45) is -5.68. The van der Waals surface area contributed by atoms with Crippen molar-refractivity contribution in [3.63, 3.8) is 0 Å². The second kappa shape index (κ2) is 5.65. The van der Waals surface area contributed by atoms with Crippen molar-refractivity contribution in [2.24, 2.45) is 0 Å². The molecule has 4 nitrogen and oxygen atoms in total. The van der Waals surface area contributed by atoms with Crippen LogP contribution in [-0.2, 0) is 17.5 Å². The number of hydrogen-bond acceptors (Lipinski definition) is 4. The van der Waals surface area contributed by atoms with Crippen LogP contribution in [0.4, 0.5) is 22.0 Å². The van der Waals surface area contributed by atoms with Gasteiger partial charge in [-0.25, -0.2) is 0 Å². The fourth-order valence-corrected chi connectivity index (χ4v) is 3.19. The minimum Gasteiger partial charge on any atom is -0.354 e. The minimum absolute atomic E-state index is 1.02. The highest BCUT2D eigenvalue weighted by molar-refractivity contribution is 7.35. The maximum absolute atomic E-state index is 12.5.